The second-order valence-electron chi connectivity index (χ2n) is 6.60. The Balaban J connectivity index is 2.70. The van der Waals surface area contributed by atoms with Gasteiger partial charge in [0.2, 0.25) is 0 Å². The van der Waals surface area contributed by atoms with Gasteiger partial charge in [-0.15, -0.1) is 0 Å². The first-order valence-electron chi connectivity index (χ1n) is 7.72. The number of hydrogen-bond acceptors (Lipinski definition) is 2. The summed E-state index contributed by atoms with van der Waals surface area (Å²) in [7, 11) is 0. The number of nitrogens with one attached hydrogen (secondary N) is 1. The van der Waals surface area contributed by atoms with Crippen molar-refractivity contribution in [2.75, 3.05) is 13.1 Å². The molecule has 0 aliphatic heterocycles. The summed E-state index contributed by atoms with van der Waals surface area (Å²) in [6, 6.07) is 2.02. The molecule has 0 bridgehead atoms. The second-order valence-corrected chi connectivity index (χ2v) is 6.60. The number of nitrogens with zero attached hydrogens (tertiary/aromatic N) is 1. The maximum atomic E-state index is 12.3. The van der Waals surface area contributed by atoms with Crippen LogP contribution < -0.4 is 5.32 Å². The summed E-state index contributed by atoms with van der Waals surface area (Å²) < 4.78 is 2.25. The lowest BCUT2D eigenvalue weighted by molar-refractivity contribution is 0.0990. The Hall–Kier alpha value is -1.09. The van der Waals surface area contributed by atoms with Crippen molar-refractivity contribution in [3.05, 3.63) is 23.0 Å². The molecule has 0 spiro atoms. The van der Waals surface area contributed by atoms with Gasteiger partial charge in [-0.25, -0.2) is 0 Å². The fourth-order valence-electron chi connectivity index (χ4n) is 2.87. The topological polar surface area (TPSA) is 34.0 Å². The predicted molar refractivity (Wildman–Crippen MR) is 85.6 cm³/mol. The van der Waals surface area contributed by atoms with Gasteiger partial charge in [-0.3, -0.25) is 4.79 Å². The van der Waals surface area contributed by atoms with E-state index in [4.69, 9.17) is 0 Å². The van der Waals surface area contributed by atoms with Crippen LogP contribution in [0.2, 0.25) is 0 Å². The highest BCUT2D eigenvalue weighted by Gasteiger charge is 2.22. The highest BCUT2D eigenvalue weighted by atomic mass is 16.1. The summed E-state index contributed by atoms with van der Waals surface area (Å²) in [5, 5.41) is 3.25. The molecule has 1 N–H and O–H groups in total. The Labute approximate surface area is 123 Å². The lowest BCUT2D eigenvalue weighted by atomic mass is 10.1. The summed E-state index contributed by atoms with van der Waals surface area (Å²) in [5.74, 6) is 0.199. The van der Waals surface area contributed by atoms with E-state index < -0.39 is 0 Å². The number of carbonyl (C=O) groups is 1. The second kappa shape index (κ2) is 7.07. The molecule has 1 rings (SSSR count). The first-order valence-corrected chi connectivity index (χ1v) is 7.72. The maximum Gasteiger partial charge on any atom is 0.178 e. The van der Waals surface area contributed by atoms with Gasteiger partial charge in [-0.2, -0.15) is 0 Å². The van der Waals surface area contributed by atoms with Crippen LogP contribution in [0, 0.1) is 13.8 Å². The molecule has 0 atom stereocenters. The van der Waals surface area contributed by atoms with E-state index in [0.29, 0.717) is 6.54 Å². The van der Waals surface area contributed by atoms with Crippen LogP contribution in [0.4, 0.5) is 0 Å². The van der Waals surface area contributed by atoms with E-state index in [1.807, 2.05) is 13.0 Å². The Morgan fingerprint density at radius 2 is 1.90 bits per heavy atom. The molecule has 0 aromatic carbocycles. The standard InChI is InChI=1S/C17H30N2O/c1-7-8-9-10-18-12-16(20)15-11-13(2)19(14(15)3)17(4,5)6/h11,18H,7-10,12H2,1-6H3. The SMILES string of the molecule is CCCCCNCC(=O)c1cc(C)n(C(C)(C)C)c1C. The molecule has 0 saturated carbocycles. The first-order chi connectivity index (χ1) is 9.29. The van der Waals surface area contributed by atoms with Crippen LogP contribution in [-0.2, 0) is 5.54 Å². The van der Waals surface area contributed by atoms with Crippen LogP contribution >= 0.6 is 0 Å². The molecule has 3 nitrogen and oxygen atoms in total. The van der Waals surface area contributed by atoms with Crippen molar-refractivity contribution in [2.24, 2.45) is 0 Å². The summed E-state index contributed by atoms with van der Waals surface area (Å²) in [4.78, 5) is 12.3. The zero-order chi connectivity index (χ0) is 15.3. The van der Waals surface area contributed by atoms with Crippen molar-refractivity contribution in [2.45, 2.75) is 66.3 Å². The van der Waals surface area contributed by atoms with Crippen LogP contribution in [0.25, 0.3) is 0 Å². The fourth-order valence-corrected chi connectivity index (χ4v) is 2.87. The van der Waals surface area contributed by atoms with E-state index >= 15 is 0 Å². The minimum atomic E-state index is 0.0151. The molecule has 3 heteroatoms. The number of aromatic nitrogens is 1. The van der Waals surface area contributed by atoms with Crippen LogP contribution in [-0.4, -0.2) is 23.4 Å². The van der Waals surface area contributed by atoms with Crippen LogP contribution in [0.1, 0.15) is 68.7 Å². The Bertz CT molecular complexity index is 452. The first kappa shape index (κ1) is 17.0. The third-order valence-corrected chi connectivity index (χ3v) is 3.65. The normalized spacial score (nSPS) is 11.9. The number of ketones is 1. The average Bonchev–Trinajstić information content (AvgIpc) is 2.63. The number of unbranched alkanes of at least 4 members (excludes halogenated alkanes) is 2. The maximum absolute atomic E-state index is 12.3. The summed E-state index contributed by atoms with van der Waals surface area (Å²) >= 11 is 0. The van der Waals surface area contributed by atoms with Crippen molar-refractivity contribution >= 4 is 5.78 Å². The zero-order valence-electron chi connectivity index (χ0n) is 14.0. The fraction of sp³-hybridized carbons (Fsp3) is 0.706. The van der Waals surface area contributed by atoms with E-state index in [1.54, 1.807) is 0 Å². The van der Waals surface area contributed by atoms with Gasteiger partial charge in [0.15, 0.2) is 5.78 Å². The van der Waals surface area contributed by atoms with Gasteiger partial charge in [-0.1, -0.05) is 19.8 Å². The van der Waals surface area contributed by atoms with Crippen molar-refractivity contribution in [1.82, 2.24) is 9.88 Å². The van der Waals surface area contributed by atoms with Crippen molar-refractivity contribution < 1.29 is 4.79 Å². The van der Waals surface area contributed by atoms with Crippen LogP contribution in [0.15, 0.2) is 6.07 Å². The average molecular weight is 278 g/mol. The van der Waals surface area contributed by atoms with Gasteiger partial charge in [0.05, 0.1) is 6.54 Å². The molecule has 20 heavy (non-hydrogen) atoms. The molecule has 0 saturated heterocycles. The van der Waals surface area contributed by atoms with Crippen LogP contribution in [0.3, 0.4) is 0 Å². The molecule has 1 aromatic heterocycles. The van der Waals surface area contributed by atoms with Gasteiger partial charge >= 0.3 is 0 Å². The molecule has 114 valence electrons. The Morgan fingerprint density at radius 3 is 2.40 bits per heavy atom. The van der Waals surface area contributed by atoms with E-state index in [9.17, 15) is 4.79 Å². The van der Waals surface area contributed by atoms with E-state index in [1.165, 1.54) is 12.8 Å². The summed E-state index contributed by atoms with van der Waals surface area (Å²) in [6.45, 7) is 14.2. The summed E-state index contributed by atoms with van der Waals surface area (Å²) in [5.41, 5.74) is 3.11. The molecule has 0 unspecified atom stereocenters. The lowest BCUT2D eigenvalue weighted by Gasteiger charge is -2.25. The minimum absolute atomic E-state index is 0.0151. The number of carbonyl (C=O) groups excluding carboxylic acids is 1. The van der Waals surface area contributed by atoms with Gasteiger partial charge in [0.25, 0.3) is 0 Å². The Morgan fingerprint density at radius 1 is 1.25 bits per heavy atom. The van der Waals surface area contributed by atoms with Crippen LogP contribution in [0.5, 0.6) is 0 Å². The molecule has 0 aliphatic rings. The molecule has 0 fully saturated rings. The number of hydrogen-bond donors (Lipinski definition) is 1. The molecule has 0 radical (unpaired) electrons. The third kappa shape index (κ3) is 4.20. The van der Waals surface area contributed by atoms with Crippen molar-refractivity contribution in [3.63, 3.8) is 0 Å². The van der Waals surface area contributed by atoms with Gasteiger partial charge in [-0.05, 0) is 53.7 Å². The molecule has 1 aromatic rings. The summed E-state index contributed by atoms with van der Waals surface area (Å²) in [6.07, 6.45) is 3.58. The molecular formula is C17H30N2O. The number of aryl methyl sites for hydroxylation is 1. The zero-order valence-corrected chi connectivity index (χ0v) is 14.0. The van der Waals surface area contributed by atoms with E-state index in [0.717, 1.165) is 29.9 Å². The molecule has 0 aliphatic carbocycles. The molecule has 1 heterocycles. The van der Waals surface area contributed by atoms with E-state index in [-0.39, 0.29) is 11.3 Å². The van der Waals surface area contributed by atoms with Gasteiger partial charge < -0.3 is 9.88 Å². The van der Waals surface area contributed by atoms with Crippen molar-refractivity contribution in [3.8, 4) is 0 Å². The monoisotopic (exact) mass is 278 g/mol. The highest BCUT2D eigenvalue weighted by Crippen LogP contribution is 2.24. The lowest BCUT2D eigenvalue weighted by Crippen LogP contribution is -2.26. The molecule has 0 amide bonds. The molecular weight excluding hydrogens is 248 g/mol. The number of Topliss-reactive ketones (excluding diaryl/α,β-unsaturated/α-hetero) is 1. The third-order valence-electron chi connectivity index (χ3n) is 3.65. The van der Waals surface area contributed by atoms with Gasteiger partial charge in [0.1, 0.15) is 0 Å². The largest absolute Gasteiger partial charge is 0.343 e. The quantitative estimate of drug-likeness (QED) is 0.607. The van der Waals surface area contributed by atoms with Gasteiger partial charge in [0, 0.05) is 22.5 Å². The smallest absolute Gasteiger partial charge is 0.178 e. The highest BCUT2D eigenvalue weighted by molar-refractivity contribution is 5.99. The Kier molecular flexibility index (Phi) is 6.00. The number of rotatable bonds is 7. The minimum Gasteiger partial charge on any atom is -0.343 e. The predicted octanol–water partition coefficient (Wildman–Crippen LogP) is 3.82. The van der Waals surface area contributed by atoms with Crippen molar-refractivity contribution in [1.29, 1.82) is 0 Å². The van der Waals surface area contributed by atoms with E-state index in [2.05, 4.69) is 44.5 Å².